The molecule has 1 N–H and O–H groups in total. The summed E-state index contributed by atoms with van der Waals surface area (Å²) in [5, 5.41) is 8.15. The number of hydrogen-bond acceptors (Lipinski definition) is 3. The summed E-state index contributed by atoms with van der Waals surface area (Å²) in [5.74, 6) is 0.882. The number of aromatic amines is 1. The molecule has 114 valence electrons. The molecule has 0 aliphatic carbocycles. The van der Waals surface area contributed by atoms with Crippen LogP contribution < -0.4 is 0 Å². The first kappa shape index (κ1) is 13.0. The number of benzene rings is 2. The molecule has 0 atom stereocenters. The lowest BCUT2D eigenvalue weighted by atomic mass is 10.2. The van der Waals surface area contributed by atoms with E-state index in [4.69, 9.17) is 4.98 Å². The van der Waals surface area contributed by atoms with Crippen LogP contribution in [0, 0.1) is 0 Å². The van der Waals surface area contributed by atoms with E-state index in [0.29, 0.717) is 0 Å². The summed E-state index contributed by atoms with van der Waals surface area (Å²) in [7, 11) is 0. The minimum Gasteiger partial charge on any atom is -0.278 e. The zero-order valence-corrected chi connectivity index (χ0v) is 12.7. The minimum absolute atomic E-state index is 0.846. The average molecular weight is 311 g/mol. The Balaban J connectivity index is 1.85. The lowest BCUT2D eigenvalue weighted by molar-refractivity contribution is 1.08. The number of pyridine rings is 1. The van der Waals surface area contributed by atoms with Crippen LogP contribution in [-0.2, 0) is 0 Å². The molecule has 3 aromatic heterocycles. The molecule has 0 unspecified atom stereocenters. The van der Waals surface area contributed by atoms with Gasteiger partial charge >= 0.3 is 0 Å². The lowest BCUT2D eigenvalue weighted by Gasteiger charge is -2.09. The zero-order valence-electron chi connectivity index (χ0n) is 12.7. The summed E-state index contributed by atoms with van der Waals surface area (Å²) in [4.78, 5) is 9.35. The van der Waals surface area contributed by atoms with Crippen molar-refractivity contribution in [3.05, 3.63) is 73.1 Å². The fraction of sp³-hybridized carbons (Fsp3) is 0. The van der Waals surface area contributed by atoms with Gasteiger partial charge in [-0.1, -0.05) is 30.3 Å². The summed E-state index contributed by atoms with van der Waals surface area (Å²) < 4.78 is 2.09. The third kappa shape index (κ3) is 1.91. The highest BCUT2D eigenvalue weighted by molar-refractivity contribution is 5.84. The predicted octanol–water partition coefficient (Wildman–Crippen LogP) is 3.96. The van der Waals surface area contributed by atoms with Gasteiger partial charge in [0.05, 0.1) is 11.7 Å². The van der Waals surface area contributed by atoms with Gasteiger partial charge in [0.1, 0.15) is 11.3 Å². The van der Waals surface area contributed by atoms with Crippen molar-refractivity contribution >= 4 is 22.1 Å². The lowest BCUT2D eigenvalue weighted by Crippen LogP contribution is -1.98. The smallest absolute Gasteiger partial charge is 0.164 e. The van der Waals surface area contributed by atoms with E-state index in [1.54, 1.807) is 6.20 Å². The molecule has 2 aromatic carbocycles. The van der Waals surface area contributed by atoms with Crippen molar-refractivity contribution in [1.82, 2.24) is 24.7 Å². The normalized spacial score (nSPS) is 11.3. The molecular weight excluding hydrogens is 298 g/mol. The summed E-state index contributed by atoms with van der Waals surface area (Å²) in [6.45, 7) is 0. The van der Waals surface area contributed by atoms with Gasteiger partial charge in [-0.2, -0.15) is 5.10 Å². The molecule has 3 heterocycles. The van der Waals surface area contributed by atoms with Gasteiger partial charge in [-0.3, -0.25) is 9.67 Å². The molecule has 0 saturated heterocycles. The van der Waals surface area contributed by atoms with E-state index >= 15 is 0 Å². The third-order valence-corrected chi connectivity index (χ3v) is 4.13. The molecule has 0 radical (unpaired) electrons. The van der Waals surface area contributed by atoms with Crippen LogP contribution in [-0.4, -0.2) is 24.7 Å². The Kier molecular flexibility index (Phi) is 2.72. The summed E-state index contributed by atoms with van der Waals surface area (Å²) >= 11 is 0. The highest BCUT2D eigenvalue weighted by Crippen LogP contribution is 2.28. The second-order valence-corrected chi connectivity index (χ2v) is 5.62. The van der Waals surface area contributed by atoms with Crippen LogP contribution in [0.15, 0.2) is 73.1 Å². The number of aromatic nitrogens is 5. The minimum atomic E-state index is 0.846. The van der Waals surface area contributed by atoms with E-state index in [-0.39, 0.29) is 0 Å². The van der Waals surface area contributed by atoms with Crippen LogP contribution in [0.4, 0.5) is 0 Å². The Morgan fingerprint density at radius 1 is 0.917 bits per heavy atom. The number of nitrogens with one attached hydrogen (secondary N) is 1. The highest BCUT2D eigenvalue weighted by atomic mass is 15.1. The largest absolute Gasteiger partial charge is 0.278 e. The van der Waals surface area contributed by atoms with E-state index in [0.717, 1.165) is 39.1 Å². The number of hydrogen-bond donors (Lipinski definition) is 1. The molecule has 0 bridgehead atoms. The number of rotatable bonds is 2. The summed E-state index contributed by atoms with van der Waals surface area (Å²) in [6, 6.07) is 20.3. The SMILES string of the molecule is c1ccc(-c2nc3cccnc3n2-c2ccc3[nH]ncc3c2)cc1. The molecule has 24 heavy (non-hydrogen) atoms. The molecule has 0 amide bonds. The molecular formula is C19H13N5. The molecule has 5 aromatic rings. The number of H-pyrrole nitrogens is 1. The Bertz CT molecular complexity index is 1150. The van der Waals surface area contributed by atoms with Gasteiger partial charge in [0.2, 0.25) is 0 Å². The van der Waals surface area contributed by atoms with E-state index < -0.39 is 0 Å². The van der Waals surface area contributed by atoms with Gasteiger partial charge in [0, 0.05) is 22.8 Å². The van der Waals surface area contributed by atoms with Crippen LogP contribution in [0.5, 0.6) is 0 Å². The molecule has 0 aliphatic heterocycles. The third-order valence-electron chi connectivity index (χ3n) is 4.13. The highest BCUT2D eigenvalue weighted by Gasteiger charge is 2.15. The van der Waals surface area contributed by atoms with Crippen LogP contribution in [0.2, 0.25) is 0 Å². The maximum Gasteiger partial charge on any atom is 0.164 e. The molecule has 0 fully saturated rings. The quantitative estimate of drug-likeness (QED) is 0.537. The molecule has 0 spiro atoms. The molecule has 5 nitrogen and oxygen atoms in total. The van der Waals surface area contributed by atoms with Crippen molar-refractivity contribution in [2.45, 2.75) is 0 Å². The van der Waals surface area contributed by atoms with Crippen molar-refractivity contribution in [3.8, 4) is 17.1 Å². The Hall–Kier alpha value is -3.47. The first-order valence-electron chi connectivity index (χ1n) is 7.72. The van der Waals surface area contributed by atoms with Gasteiger partial charge in [-0.25, -0.2) is 9.97 Å². The number of nitrogens with zero attached hydrogens (tertiary/aromatic N) is 4. The predicted molar refractivity (Wildman–Crippen MR) is 94.0 cm³/mol. The number of imidazole rings is 1. The monoisotopic (exact) mass is 311 g/mol. The zero-order chi connectivity index (χ0) is 15.9. The van der Waals surface area contributed by atoms with Gasteiger partial charge in [0.15, 0.2) is 5.65 Å². The molecule has 0 saturated carbocycles. The van der Waals surface area contributed by atoms with Crippen molar-refractivity contribution in [3.63, 3.8) is 0 Å². The van der Waals surface area contributed by atoms with Crippen molar-refractivity contribution in [1.29, 1.82) is 0 Å². The van der Waals surface area contributed by atoms with Crippen LogP contribution >= 0.6 is 0 Å². The molecule has 0 aliphatic rings. The van der Waals surface area contributed by atoms with Gasteiger partial charge in [0.25, 0.3) is 0 Å². The Morgan fingerprint density at radius 3 is 2.75 bits per heavy atom. The fourth-order valence-corrected chi connectivity index (χ4v) is 3.01. The summed E-state index contributed by atoms with van der Waals surface area (Å²) in [5.41, 5.74) is 4.81. The van der Waals surface area contributed by atoms with Crippen LogP contribution in [0.1, 0.15) is 0 Å². The van der Waals surface area contributed by atoms with Gasteiger partial charge < -0.3 is 0 Å². The topological polar surface area (TPSA) is 59.4 Å². The Labute approximate surface area is 137 Å². The maximum absolute atomic E-state index is 4.80. The first-order valence-corrected chi connectivity index (χ1v) is 7.72. The second kappa shape index (κ2) is 5.03. The van der Waals surface area contributed by atoms with Crippen LogP contribution in [0.25, 0.3) is 39.1 Å². The van der Waals surface area contributed by atoms with Crippen molar-refractivity contribution < 1.29 is 0 Å². The Morgan fingerprint density at radius 2 is 1.83 bits per heavy atom. The van der Waals surface area contributed by atoms with Crippen molar-refractivity contribution in [2.24, 2.45) is 0 Å². The van der Waals surface area contributed by atoms with Gasteiger partial charge in [-0.15, -0.1) is 0 Å². The summed E-state index contributed by atoms with van der Waals surface area (Å²) in [6.07, 6.45) is 3.62. The van der Waals surface area contributed by atoms with Crippen LogP contribution in [0.3, 0.4) is 0 Å². The molecule has 5 heteroatoms. The first-order chi connectivity index (χ1) is 11.9. The van der Waals surface area contributed by atoms with E-state index in [1.807, 2.05) is 42.6 Å². The number of fused-ring (bicyclic) bond motifs is 2. The van der Waals surface area contributed by atoms with Gasteiger partial charge in [-0.05, 0) is 30.3 Å². The second-order valence-electron chi connectivity index (χ2n) is 5.62. The van der Waals surface area contributed by atoms with E-state index in [2.05, 4.69) is 44.0 Å². The maximum atomic E-state index is 4.80. The fourth-order valence-electron chi connectivity index (χ4n) is 3.01. The molecule has 5 rings (SSSR count). The van der Waals surface area contributed by atoms with Crippen molar-refractivity contribution in [2.75, 3.05) is 0 Å². The standard InChI is InChI=1S/C19H13N5/c1-2-5-13(6-3-1)18-22-17-7-4-10-20-19(17)24(18)15-8-9-16-14(11-15)12-21-23-16/h1-12H,(H,21,23). The van der Waals surface area contributed by atoms with E-state index in [9.17, 15) is 0 Å². The van der Waals surface area contributed by atoms with E-state index in [1.165, 1.54) is 0 Å². The average Bonchev–Trinajstić information content (AvgIpc) is 3.26.